The lowest BCUT2D eigenvalue weighted by atomic mass is 10.0. The van der Waals surface area contributed by atoms with Gasteiger partial charge in [-0.15, -0.1) is 0 Å². The maximum Gasteiger partial charge on any atom is 0.0451 e. The SMILES string of the molecule is Cc1cccc(N2CCCNCC2CCO)c1C. The average molecular weight is 248 g/mol. The van der Waals surface area contributed by atoms with Crippen molar-refractivity contribution in [3.8, 4) is 0 Å². The first kappa shape index (κ1) is 13.4. The number of nitrogens with one attached hydrogen (secondary N) is 1. The smallest absolute Gasteiger partial charge is 0.0451 e. The molecule has 1 unspecified atom stereocenters. The van der Waals surface area contributed by atoms with Crippen molar-refractivity contribution in [2.24, 2.45) is 0 Å². The van der Waals surface area contributed by atoms with Crippen LogP contribution in [0.25, 0.3) is 0 Å². The van der Waals surface area contributed by atoms with Crippen molar-refractivity contribution in [1.82, 2.24) is 5.32 Å². The highest BCUT2D eigenvalue weighted by atomic mass is 16.3. The van der Waals surface area contributed by atoms with E-state index in [2.05, 4.69) is 42.3 Å². The van der Waals surface area contributed by atoms with Gasteiger partial charge in [-0.25, -0.2) is 0 Å². The van der Waals surface area contributed by atoms with Gasteiger partial charge in [0, 0.05) is 31.4 Å². The third-order valence-electron chi connectivity index (χ3n) is 3.92. The van der Waals surface area contributed by atoms with Crippen molar-refractivity contribution in [2.45, 2.75) is 32.7 Å². The molecule has 0 amide bonds. The van der Waals surface area contributed by atoms with Crippen LogP contribution >= 0.6 is 0 Å². The van der Waals surface area contributed by atoms with E-state index in [4.69, 9.17) is 0 Å². The lowest BCUT2D eigenvalue weighted by molar-refractivity contribution is 0.273. The van der Waals surface area contributed by atoms with Crippen LogP contribution in [0.3, 0.4) is 0 Å². The Bertz CT molecular complexity index is 392. The van der Waals surface area contributed by atoms with Crippen LogP contribution in [0.4, 0.5) is 5.69 Å². The predicted molar refractivity (Wildman–Crippen MR) is 76.2 cm³/mol. The van der Waals surface area contributed by atoms with Crippen LogP contribution in [0.15, 0.2) is 18.2 Å². The number of benzene rings is 1. The third kappa shape index (κ3) is 2.85. The largest absolute Gasteiger partial charge is 0.396 e. The summed E-state index contributed by atoms with van der Waals surface area (Å²) >= 11 is 0. The van der Waals surface area contributed by atoms with Crippen molar-refractivity contribution in [1.29, 1.82) is 0 Å². The first-order valence-electron chi connectivity index (χ1n) is 6.88. The van der Waals surface area contributed by atoms with Gasteiger partial charge in [-0.3, -0.25) is 0 Å². The fourth-order valence-corrected chi connectivity index (χ4v) is 2.71. The second-order valence-corrected chi connectivity index (χ2v) is 5.14. The zero-order valence-corrected chi connectivity index (χ0v) is 11.4. The van der Waals surface area contributed by atoms with Crippen molar-refractivity contribution >= 4 is 5.69 Å². The van der Waals surface area contributed by atoms with E-state index in [-0.39, 0.29) is 6.61 Å². The first-order valence-corrected chi connectivity index (χ1v) is 6.88. The summed E-state index contributed by atoms with van der Waals surface area (Å²) in [5.41, 5.74) is 4.03. The van der Waals surface area contributed by atoms with Gasteiger partial charge in [0.05, 0.1) is 0 Å². The molecule has 0 spiro atoms. The second-order valence-electron chi connectivity index (χ2n) is 5.14. The molecule has 100 valence electrons. The minimum atomic E-state index is 0.258. The number of nitrogens with zero attached hydrogens (tertiary/aromatic N) is 1. The predicted octanol–water partition coefficient (Wildman–Crippen LogP) is 1.85. The summed E-state index contributed by atoms with van der Waals surface area (Å²) in [5.74, 6) is 0. The highest BCUT2D eigenvalue weighted by molar-refractivity contribution is 5.56. The van der Waals surface area contributed by atoms with E-state index in [0.717, 1.165) is 32.5 Å². The molecular weight excluding hydrogens is 224 g/mol. The molecule has 1 aliphatic heterocycles. The quantitative estimate of drug-likeness (QED) is 0.857. The summed E-state index contributed by atoms with van der Waals surface area (Å²) in [7, 11) is 0. The Morgan fingerprint density at radius 1 is 1.39 bits per heavy atom. The van der Waals surface area contributed by atoms with Crippen LogP contribution < -0.4 is 10.2 Å². The van der Waals surface area contributed by atoms with Crippen molar-refractivity contribution in [3.05, 3.63) is 29.3 Å². The number of aliphatic hydroxyl groups excluding tert-OH is 1. The number of hydrogen-bond acceptors (Lipinski definition) is 3. The van der Waals surface area contributed by atoms with Gasteiger partial charge in [0.2, 0.25) is 0 Å². The maximum absolute atomic E-state index is 9.24. The van der Waals surface area contributed by atoms with Crippen LogP contribution in [-0.4, -0.2) is 37.4 Å². The molecule has 2 N–H and O–H groups in total. The monoisotopic (exact) mass is 248 g/mol. The molecule has 1 aromatic carbocycles. The Hall–Kier alpha value is -1.06. The van der Waals surface area contributed by atoms with E-state index in [0.29, 0.717) is 6.04 Å². The van der Waals surface area contributed by atoms with Gasteiger partial charge in [-0.1, -0.05) is 12.1 Å². The summed E-state index contributed by atoms with van der Waals surface area (Å²) in [6.07, 6.45) is 2.00. The fourth-order valence-electron chi connectivity index (χ4n) is 2.71. The summed E-state index contributed by atoms with van der Waals surface area (Å²) in [5, 5.41) is 12.7. The summed E-state index contributed by atoms with van der Waals surface area (Å²) in [6, 6.07) is 6.90. The molecule has 0 aromatic heterocycles. The molecule has 2 rings (SSSR count). The number of hydrogen-bond donors (Lipinski definition) is 2. The molecule has 1 fully saturated rings. The Kier molecular flexibility index (Phi) is 4.61. The Balaban J connectivity index is 2.28. The highest BCUT2D eigenvalue weighted by Gasteiger charge is 2.22. The van der Waals surface area contributed by atoms with E-state index >= 15 is 0 Å². The second kappa shape index (κ2) is 6.21. The van der Waals surface area contributed by atoms with Gasteiger partial charge in [0.1, 0.15) is 0 Å². The topological polar surface area (TPSA) is 35.5 Å². The summed E-state index contributed by atoms with van der Waals surface area (Å²) in [6.45, 7) is 7.72. The third-order valence-corrected chi connectivity index (χ3v) is 3.92. The molecule has 3 nitrogen and oxygen atoms in total. The van der Waals surface area contributed by atoms with Gasteiger partial charge in [-0.2, -0.15) is 0 Å². The van der Waals surface area contributed by atoms with Crippen LogP contribution in [0, 0.1) is 13.8 Å². The van der Waals surface area contributed by atoms with Crippen molar-refractivity contribution in [3.63, 3.8) is 0 Å². The molecule has 1 heterocycles. The molecule has 1 saturated heterocycles. The van der Waals surface area contributed by atoms with E-state index in [9.17, 15) is 5.11 Å². The molecular formula is C15H24N2O. The Morgan fingerprint density at radius 2 is 2.22 bits per heavy atom. The lowest BCUT2D eigenvalue weighted by Crippen LogP contribution is -2.40. The summed E-state index contributed by atoms with van der Waals surface area (Å²) in [4.78, 5) is 2.47. The zero-order chi connectivity index (χ0) is 13.0. The molecule has 1 atom stereocenters. The molecule has 0 aliphatic carbocycles. The van der Waals surface area contributed by atoms with Crippen LogP contribution in [0.5, 0.6) is 0 Å². The summed E-state index contributed by atoms with van der Waals surface area (Å²) < 4.78 is 0. The van der Waals surface area contributed by atoms with Crippen LogP contribution in [0.1, 0.15) is 24.0 Å². The minimum absolute atomic E-state index is 0.258. The Labute approximate surface area is 110 Å². The minimum Gasteiger partial charge on any atom is -0.396 e. The van der Waals surface area contributed by atoms with E-state index in [1.165, 1.54) is 16.8 Å². The van der Waals surface area contributed by atoms with Crippen molar-refractivity contribution in [2.75, 3.05) is 31.1 Å². The first-order chi connectivity index (χ1) is 8.74. The number of anilines is 1. The Morgan fingerprint density at radius 3 is 3.00 bits per heavy atom. The lowest BCUT2D eigenvalue weighted by Gasteiger charge is -2.33. The molecule has 0 bridgehead atoms. The number of aliphatic hydroxyl groups is 1. The standard InChI is InChI=1S/C15H24N2O/c1-12-5-3-6-15(13(12)2)17-9-4-8-16-11-14(17)7-10-18/h3,5-6,14,16,18H,4,7-11H2,1-2H3. The average Bonchev–Trinajstić information content (AvgIpc) is 2.59. The zero-order valence-electron chi connectivity index (χ0n) is 11.4. The maximum atomic E-state index is 9.24. The number of aryl methyl sites for hydroxylation is 1. The van der Waals surface area contributed by atoms with Gasteiger partial charge in [0.25, 0.3) is 0 Å². The fraction of sp³-hybridized carbons (Fsp3) is 0.600. The van der Waals surface area contributed by atoms with Crippen LogP contribution in [0.2, 0.25) is 0 Å². The van der Waals surface area contributed by atoms with Crippen LogP contribution in [-0.2, 0) is 0 Å². The van der Waals surface area contributed by atoms with Gasteiger partial charge < -0.3 is 15.3 Å². The highest BCUT2D eigenvalue weighted by Crippen LogP contribution is 2.26. The normalized spacial score (nSPS) is 20.8. The van der Waals surface area contributed by atoms with E-state index in [1.54, 1.807) is 0 Å². The van der Waals surface area contributed by atoms with Crippen molar-refractivity contribution < 1.29 is 5.11 Å². The molecule has 0 radical (unpaired) electrons. The molecule has 0 saturated carbocycles. The molecule has 3 heteroatoms. The van der Waals surface area contributed by atoms with Gasteiger partial charge >= 0.3 is 0 Å². The van der Waals surface area contributed by atoms with E-state index in [1.807, 2.05) is 0 Å². The molecule has 18 heavy (non-hydrogen) atoms. The van der Waals surface area contributed by atoms with E-state index < -0.39 is 0 Å². The molecule has 1 aliphatic rings. The molecule has 1 aromatic rings. The van der Waals surface area contributed by atoms with Gasteiger partial charge in [-0.05, 0) is 50.4 Å². The van der Waals surface area contributed by atoms with Gasteiger partial charge in [0.15, 0.2) is 0 Å². The number of rotatable bonds is 3.